The Hall–Kier alpha value is -0.0900. The fourth-order valence-corrected chi connectivity index (χ4v) is 2.26. The molecule has 0 aliphatic carbocycles. The van der Waals surface area contributed by atoms with Gasteiger partial charge in [0.2, 0.25) is 5.91 Å². The van der Waals surface area contributed by atoms with Gasteiger partial charge in [0.1, 0.15) is 6.61 Å². The van der Waals surface area contributed by atoms with Crippen molar-refractivity contribution in [1.82, 2.24) is 4.90 Å². The lowest BCUT2D eigenvalue weighted by Crippen LogP contribution is -2.45. The minimum Gasteiger partial charge on any atom is -0.372 e. The first-order valence-electron chi connectivity index (χ1n) is 5.64. The predicted octanol–water partition coefficient (Wildman–Crippen LogP) is 2.04. The molecule has 2 atom stereocenters. The highest BCUT2D eigenvalue weighted by atomic mass is 79.9. The zero-order chi connectivity index (χ0) is 11.3. The Labute approximate surface area is 100 Å². The SMILES string of the molecule is CCCOCC(=O)N1CCC(C)C(Br)C1. The van der Waals surface area contributed by atoms with Crippen LogP contribution in [0, 0.1) is 5.92 Å². The summed E-state index contributed by atoms with van der Waals surface area (Å²) in [6, 6.07) is 0. The highest BCUT2D eigenvalue weighted by Crippen LogP contribution is 2.23. The number of carbonyl (C=O) groups is 1. The van der Waals surface area contributed by atoms with E-state index in [9.17, 15) is 4.79 Å². The highest BCUT2D eigenvalue weighted by Gasteiger charge is 2.26. The monoisotopic (exact) mass is 277 g/mol. The largest absolute Gasteiger partial charge is 0.372 e. The molecular formula is C11H20BrNO2. The Morgan fingerprint density at radius 2 is 2.33 bits per heavy atom. The van der Waals surface area contributed by atoms with Crippen molar-refractivity contribution in [2.45, 2.75) is 31.5 Å². The molecule has 1 heterocycles. The number of likely N-dealkylation sites (tertiary alicyclic amines) is 1. The Kier molecular flexibility index (Phi) is 5.61. The maximum atomic E-state index is 11.7. The van der Waals surface area contributed by atoms with Crippen LogP contribution in [0.25, 0.3) is 0 Å². The van der Waals surface area contributed by atoms with Crippen molar-refractivity contribution in [3.63, 3.8) is 0 Å². The smallest absolute Gasteiger partial charge is 0.248 e. The van der Waals surface area contributed by atoms with E-state index in [0.717, 1.165) is 25.9 Å². The van der Waals surface area contributed by atoms with Crippen molar-refractivity contribution in [2.24, 2.45) is 5.92 Å². The summed E-state index contributed by atoms with van der Waals surface area (Å²) in [4.78, 5) is 14.0. The number of amides is 1. The summed E-state index contributed by atoms with van der Waals surface area (Å²) in [6.07, 6.45) is 2.04. The molecule has 1 amide bonds. The van der Waals surface area contributed by atoms with Crippen LogP contribution >= 0.6 is 15.9 Å². The Morgan fingerprint density at radius 3 is 2.93 bits per heavy atom. The van der Waals surface area contributed by atoms with Crippen molar-refractivity contribution in [3.05, 3.63) is 0 Å². The molecule has 0 spiro atoms. The van der Waals surface area contributed by atoms with Crippen LogP contribution in [0.2, 0.25) is 0 Å². The average molecular weight is 278 g/mol. The van der Waals surface area contributed by atoms with E-state index in [4.69, 9.17) is 4.74 Å². The molecule has 4 heteroatoms. The van der Waals surface area contributed by atoms with Crippen LogP contribution in [0.5, 0.6) is 0 Å². The van der Waals surface area contributed by atoms with Crippen LogP contribution in [0.15, 0.2) is 0 Å². The molecule has 0 N–H and O–H groups in total. The van der Waals surface area contributed by atoms with Crippen molar-refractivity contribution in [1.29, 1.82) is 0 Å². The van der Waals surface area contributed by atoms with Gasteiger partial charge in [-0.3, -0.25) is 4.79 Å². The minimum absolute atomic E-state index is 0.125. The second-order valence-electron chi connectivity index (χ2n) is 4.17. The Morgan fingerprint density at radius 1 is 1.60 bits per heavy atom. The van der Waals surface area contributed by atoms with Crippen LogP contribution in [-0.2, 0) is 9.53 Å². The molecule has 1 aliphatic heterocycles. The summed E-state index contributed by atoms with van der Waals surface area (Å²) < 4.78 is 5.25. The molecule has 2 unspecified atom stereocenters. The third kappa shape index (κ3) is 4.11. The normalized spacial score (nSPS) is 26.7. The Balaban J connectivity index is 2.28. The van der Waals surface area contributed by atoms with E-state index in [-0.39, 0.29) is 12.5 Å². The zero-order valence-electron chi connectivity index (χ0n) is 9.54. The second-order valence-corrected chi connectivity index (χ2v) is 5.35. The molecule has 0 aromatic heterocycles. The number of alkyl halides is 1. The number of carbonyl (C=O) groups excluding carboxylic acids is 1. The molecule has 15 heavy (non-hydrogen) atoms. The maximum Gasteiger partial charge on any atom is 0.248 e. The number of hydrogen-bond acceptors (Lipinski definition) is 2. The van der Waals surface area contributed by atoms with E-state index >= 15 is 0 Å². The van der Waals surface area contributed by atoms with Gasteiger partial charge < -0.3 is 9.64 Å². The summed E-state index contributed by atoms with van der Waals surface area (Å²) in [5, 5.41) is 0. The Bertz CT molecular complexity index is 211. The van der Waals surface area contributed by atoms with Gasteiger partial charge >= 0.3 is 0 Å². The predicted molar refractivity (Wildman–Crippen MR) is 64.2 cm³/mol. The van der Waals surface area contributed by atoms with Crippen LogP contribution < -0.4 is 0 Å². The molecule has 88 valence electrons. The molecule has 0 aromatic carbocycles. The lowest BCUT2D eigenvalue weighted by Gasteiger charge is -2.34. The standard InChI is InChI=1S/C11H20BrNO2/c1-3-6-15-8-11(14)13-5-4-9(2)10(12)7-13/h9-10H,3-8H2,1-2H3. The number of halogens is 1. The van der Waals surface area contributed by atoms with Crippen LogP contribution in [0.1, 0.15) is 26.7 Å². The van der Waals surface area contributed by atoms with E-state index in [1.165, 1.54) is 0 Å². The fourth-order valence-electron chi connectivity index (χ4n) is 1.64. The van der Waals surface area contributed by atoms with Crippen molar-refractivity contribution < 1.29 is 9.53 Å². The molecule has 1 fully saturated rings. The molecular weight excluding hydrogens is 258 g/mol. The number of piperidine rings is 1. The van der Waals surface area contributed by atoms with E-state index in [0.29, 0.717) is 17.4 Å². The van der Waals surface area contributed by atoms with Crippen molar-refractivity contribution in [2.75, 3.05) is 26.3 Å². The summed E-state index contributed by atoms with van der Waals surface area (Å²) in [6.45, 7) is 6.86. The molecule has 3 nitrogen and oxygen atoms in total. The van der Waals surface area contributed by atoms with Gasteiger partial charge in [-0.05, 0) is 18.8 Å². The summed E-state index contributed by atoms with van der Waals surface area (Å²) in [5.74, 6) is 0.783. The van der Waals surface area contributed by atoms with E-state index in [1.807, 2.05) is 11.8 Å². The van der Waals surface area contributed by atoms with E-state index < -0.39 is 0 Å². The first kappa shape index (κ1) is 13.0. The number of hydrogen-bond donors (Lipinski definition) is 0. The lowest BCUT2D eigenvalue weighted by atomic mass is 9.99. The van der Waals surface area contributed by atoms with Gasteiger partial charge in [0.05, 0.1) is 0 Å². The van der Waals surface area contributed by atoms with E-state index in [2.05, 4.69) is 22.9 Å². The zero-order valence-corrected chi connectivity index (χ0v) is 11.1. The number of rotatable bonds is 4. The molecule has 0 aromatic rings. The third-order valence-corrected chi connectivity index (χ3v) is 3.99. The van der Waals surface area contributed by atoms with Gasteiger partial charge in [0.25, 0.3) is 0 Å². The van der Waals surface area contributed by atoms with Gasteiger partial charge in [0, 0.05) is 24.5 Å². The molecule has 1 saturated heterocycles. The van der Waals surface area contributed by atoms with Gasteiger partial charge in [0.15, 0.2) is 0 Å². The van der Waals surface area contributed by atoms with Gasteiger partial charge in [-0.2, -0.15) is 0 Å². The summed E-state index contributed by atoms with van der Waals surface area (Å²) in [5.41, 5.74) is 0. The average Bonchev–Trinajstić information content (AvgIpc) is 2.22. The van der Waals surface area contributed by atoms with E-state index in [1.54, 1.807) is 0 Å². The molecule has 1 aliphatic rings. The summed E-state index contributed by atoms with van der Waals surface area (Å²) >= 11 is 3.61. The van der Waals surface area contributed by atoms with Crippen LogP contribution in [0.3, 0.4) is 0 Å². The molecule has 0 bridgehead atoms. The van der Waals surface area contributed by atoms with Crippen molar-refractivity contribution >= 4 is 21.8 Å². The van der Waals surface area contributed by atoms with Gasteiger partial charge in [-0.1, -0.05) is 29.8 Å². The quantitative estimate of drug-likeness (QED) is 0.582. The van der Waals surface area contributed by atoms with Crippen LogP contribution in [0.4, 0.5) is 0 Å². The van der Waals surface area contributed by atoms with Crippen LogP contribution in [-0.4, -0.2) is 41.9 Å². The number of nitrogens with zero attached hydrogens (tertiary/aromatic N) is 1. The topological polar surface area (TPSA) is 29.5 Å². The lowest BCUT2D eigenvalue weighted by molar-refractivity contribution is -0.137. The fraction of sp³-hybridized carbons (Fsp3) is 0.909. The van der Waals surface area contributed by atoms with Gasteiger partial charge in [-0.15, -0.1) is 0 Å². The molecule has 0 radical (unpaired) electrons. The third-order valence-electron chi connectivity index (χ3n) is 2.79. The summed E-state index contributed by atoms with van der Waals surface area (Å²) in [7, 11) is 0. The first-order chi connectivity index (χ1) is 7.15. The molecule has 1 rings (SSSR count). The minimum atomic E-state index is 0.125. The maximum absolute atomic E-state index is 11.7. The molecule has 0 saturated carbocycles. The number of ether oxygens (including phenoxy) is 1. The second kappa shape index (κ2) is 6.48. The van der Waals surface area contributed by atoms with Crippen molar-refractivity contribution in [3.8, 4) is 0 Å². The highest BCUT2D eigenvalue weighted by molar-refractivity contribution is 9.09. The first-order valence-corrected chi connectivity index (χ1v) is 6.56. The van der Waals surface area contributed by atoms with Gasteiger partial charge in [-0.25, -0.2) is 0 Å².